The molecular formula is C14H13N3O4. The Morgan fingerprint density at radius 1 is 1.43 bits per heavy atom. The molecule has 1 amide bonds. The third kappa shape index (κ3) is 2.91. The molecule has 2 heterocycles. The second-order valence-corrected chi connectivity index (χ2v) is 4.88. The van der Waals surface area contributed by atoms with Crippen LogP contribution in [0.25, 0.3) is 11.3 Å². The van der Waals surface area contributed by atoms with Gasteiger partial charge in [-0.2, -0.15) is 0 Å². The minimum atomic E-state index is -1.04. The zero-order valence-corrected chi connectivity index (χ0v) is 11.1. The molecule has 3 rings (SSSR count). The van der Waals surface area contributed by atoms with E-state index >= 15 is 0 Å². The van der Waals surface area contributed by atoms with E-state index in [1.807, 2.05) is 0 Å². The van der Waals surface area contributed by atoms with Crippen LogP contribution in [0.4, 0.5) is 0 Å². The fraction of sp³-hybridized carbons (Fsp3) is 0.286. The number of carboxylic acid groups (broad SMARTS) is 1. The Labute approximate surface area is 120 Å². The number of pyridine rings is 1. The fourth-order valence-corrected chi connectivity index (χ4v) is 2.07. The number of carboxylic acids is 1. The van der Waals surface area contributed by atoms with Crippen molar-refractivity contribution in [2.75, 3.05) is 6.54 Å². The number of aliphatic carboxylic acids is 1. The van der Waals surface area contributed by atoms with Crippen LogP contribution >= 0.6 is 0 Å². The van der Waals surface area contributed by atoms with Gasteiger partial charge in [0, 0.05) is 30.1 Å². The Hall–Kier alpha value is -2.70. The van der Waals surface area contributed by atoms with Crippen molar-refractivity contribution in [1.29, 1.82) is 0 Å². The van der Waals surface area contributed by atoms with Crippen LogP contribution in [-0.4, -0.2) is 44.6 Å². The van der Waals surface area contributed by atoms with E-state index in [9.17, 15) is 9.59 Å². The second-order valence-electron chi connectivity index (χ2n) is 4.88. The Bertz CT molecular complexity index is 664. The van der Waals surface area contributed by atoms with Crippen molar-refractivity contribution in [3.8, 4) is 11.3 Å². The number of hydrogen-bond acceptors (Lipinski definition) is 5. The molecule has 0 bridgehead atoms. The van der Waals surface area contributed by atoms with Gasteiger partial charge in [0.05, 0.1) is 0 Å². The van der Waals surface area contributed by atoms with Gasteiger partial charge in [-0.1, -0.05) is 5.16 Å². The van der Waals surface area contributed by atoms with Gasteiger partial charge in [-0.05, 0) is 25.0 Å². The van der Waals surface area contributed by atoms with E-state index in [4.69, 9.17) is 9.63 Å². The molecule has 1 fully saturated rings. The molecule has 0 aromatic carbocycles. The lowest BCUT2D eigenvalue weighted by Gasteiger charge is -2.18. The zero-order valence-electron chi connectivity index (χ0n) is 11.1. The Balaban J connectivity index is 1.81. The molecule has 7 nitrogen and oxygen atoms in total. The summed E-state index contributed by atoms with van der Waals surface area (Å²) < 4.78 is 5.14. The Morgan fingerprint density at radius 3 is 2.86 bits per heavy atom. The monoisotopic (exact) mass is 287 g/mol. The van der Waals surface area contributed by atoms with E-state index in [0.717, 1.165) is 12.8 Å². The van der Waals surface area contributed by atoms with Gasteiger partial charge < -0.3 is 14.5 Å². The number of hydrogen-bond donors (Lipinski definition) is 1. The lowest BCUT2D eigenvalue weighted by Crippen LogP contribution is -2.37. The Morgan fingerprint density at radius 2 is 2.24 bits per heavy atom. The number of rotatable bonds is 5. The average molecular weight is 287 g/mol. The van der Waals surface area contributed by atoms with E-state index in [-0.39, 0.29) is 18.3 Å². The van der Waals surface area contributed by atoms with Gasteiger partial charge >= 0.3 is 5.97 Å². The summed E-state index contributed by atoms with van der Waals surface area (Å²) in [4.78, 5) is 28.5. The van der Waals surface area contributed by atoms with Gasteiger partial charge in [0.15, 0.2) is 11.5 Å². The molecule has 1 aliphatic rings. The van der Waals surface area contributed by atoms with Gasteiger partial charge in [0.1, 0.15) is 6.54 Å². The third-order valence-corrected chi connectivity index (χ3v) is 3.23. The van der Waals surface area contributed by atoms with Crippen LogP contribution in [-0.2, 0) is 4.79 Å². The molecule has 0 atom stereocenters. The van der Waals surface area contributed by atoms with Gasteiger partial charge in [0.2, 0.25) is 0 Å². The van der Waals surface area contributed by atoms with Crippen molar-refractivity contribution >= 4 is 11.9 Å². The summed E-state index contributed by atoms with van der Waals surface area (Å²) in [6.45, 7) is -0.321. The molecule has 0 aliphatic heterocycles. The maximum atomic E-state index is 12.3. The van der Waals surface area contributed by atoms with E-state index < -0.39 is 11.9 Å². The quantitative estimate of drug-likeness (QED) is 0.893. The number of aromatic nitrogens is 2. The summed E-state index contributed by atoms with van der Waals surface area (Å²) in [5, 5.41) is 12.6. The first kappa shape index (κ1) is 13.3. The van der Waals surface area contributed by atoms with Gasteiger partial charge in [-0.25, -0.2) is 0 Å². The van der Waals surface area contributed by atoms with Crippen LogP contribution in [0.15, 0.2) is 35.1 Å². The number of amides is 1. The first-order chi connectivity index (χ1) is 10.1. The van der Waals surface area contributed by atoms with Crippen LogP contribution in [0.2, 0.25) is 0 Å². The molecule has 0 unspecified atom stereocenters. The molecule has 2 aromatic heterocycles. The van der Waals surface area contributed by atoms with Crippen LogP contribution in [0.3, 0.4) is 0 Å². The second kappa shape index (κ2) is 5.35. The molecule has 0 saturated heterocycles. The number of carbonyl (C=O) groups excluding carboxylic acids is 1. The highest BCUT2D eigenvalue weighted by atomic mass is 16.5. The van der Waals surface area contributed by atoms with Crippen molar-refractivity contribution < 1.29 is 19.2 Å². The molecule has 2 aromatic rings. The van der Waals surface area contributed by atoms with E-state index in [1.54, 1.807) is 24.5 Å². The zero-order chi connectivity index (χ0) is 14.8. The molecule has 1 aliphatic carbocycles. The summed E-state index contributed by atoms with van der Waals surface area (Å²) in [5.41, 5.74) is 0.822. The molecule has 7 heteroatoms. The van der Waals surface area contributed by atoms with Crippen LogP contribution in [0, 0.1) is 0 Å². The summed E-state index contributed by atoms with van der Waals surface area (Å²) >= 11 is 0. The Kier molecular flexibility index (Phi) is 3.39. The maximum Gasteiger partial charge on any atom is 0.323 e. The van der Waals surface area contributed by atoms with Gasteiger partial charge in [-0.3, -0.25) is 14.6 Å². The summed E-state index contributed by atoms with van der Waals surface area (Å²) in [5.74, 6) is -1.03. The molecule has 0 radical (unpaired) electrons. The molecule has 1 N–H and O–H groups in total. The molecule has 21 heavy (non-hydrogen) atoms. The average Bonchev–Trinajstić information content (AvgIpc) is 3.21. The van der Waals surface area contributed by atoms with Gasteiger partial charge in [-0.15, -0.1) is 0 Å². The normalized spacial score (nSPS) is 13.9. The van der Waals surface area contributed by atoms with E-state index in [1.165, 1.54) is 11.0 Å². The maximum absolute atomic E-state index is 12.3. The lowest BCUT2D eigenvalue weighted by molar-refractivity contribution is -0.137. The van der Waals surface area contributed by atoms with Crippen LogP contribution < -0.4 is 0 Å². The van der Waals surface area contributed by atoms with Crippen LogP contribution in [0.1, 0.15) is 23.3 Å². The largest absolute Gasteiger partial charge is 0.480 e. The standard InChI is InChI=1S/C14H13N3O4/c18-13(19)8-17(10-3-4-10)14(20)11-6-12(21-16-11)9-2-1-5-15-7-9/h1-2,5-7,10H,3-4,8H2,(H,18,19). The van der Waals surface area contributed by atoms with E-state index in [0.29, 0.717) is 11.3 Å². The predicted molar refractivity (Wildman–Crippen MR) is 71.4 cm³/mol. The smallest absolute Gasteiger partial charge is 0.323 e. The van der Waals surface area contributed by atoms with Gasteiger partial charge in [0.25, 0.3) is 5.91 Å². The van der Waals surface area contributed by atoms with Crippen molar-refractivity contribution in [3.63, 3.8) is 0 Å². The van der Waals surface area contributed by atoms with Crippen molar-refractivity contribution in [2.45, 2.75) is 18.9 Å². The molecule has 1 saturated carbocycles. The molecule has 0 spiro atoms. The topological polar surface area (TPSA) is 96.5 Å². The fourth-order valence-electron chi connectivity index (χ4n) is 2.07. The lowest BCUT2D eigenvalue weighted by atomic mass is 10.2. The third-order valence-electron chi connectivity index (χ3n) is 3.23. The highest BCUT2D eigenvalue weighted by molar-refractivity contribution is 5.95. The first-order valence-corrected chi connectivity index (χ1v) is 6.55. The van der Waals surface area contributed by atoms with Crippen molar-refractivity contribution in [1.82, 2.24) is 15.0 Å². The minimum Gasteiger partial charge on any atom is -0.480 e. The summed E-state index contributed by atoms with van der Waals surface area (Å²) in [7, 11) is 0. The highest BCUT2D eigenvalue weighted by Gasteiger charge is 2.35. The number of carbonyl (C=O) groups is 2. The highest BCUT2D eigenvalue weighted by Crippen LogP contribution is 2.28. The summed E-state index contributed by atoms with van der Waals surface area (Å²) in [6, 6.07) is 5.04. The summed E-state index contributed by atoms with van der Waals surface area (Å²) in [6.07, 6.45) is 4.89. The SMILES string of the molecule is O=C(O)CN(C(=O)c1cc(-c2cccnc2)on1)C1CC1. The first-order valence-electron chi connectivity index (χ1n) is 6.55. The molecular weight excluding hydrogens is 274 g/mol. The minimum absolute atomic E-state index is 0.00728. The van der Waals surface area contributed by atoms with Crippen molar-refractivity contribution in [3.05, 3.63) is 36.3 Å². The number of nitrogens with zero attached hydrogens (tertiary/aromatic N) is 3. The van der Waals surface area contributed by atoms with Crippen LogP contribution in [0.5, 0.6) is 0 Å². The van der Waals surface area contributed by atoms with Crippen molar-refractivity contribution in [2.24, 2.45) is 0 Å². The molecule has 108 valence electrons. The van der Waals surface area contributed by atoms with E-state index in [2.05, 4.69) is 10.1 Å². The predicted octanol–water partition coefficient (Wildman–Crippen LogP) is 1.43.